The highest BCUT2D eigenvalue weighted by molar-refractivity contribution is 14.0. The molecule has 0 atom stereocenters. The smallest absolute Gasteiger partial charge is 0.193 e. The predicted octanol–water partition coefficient (Wildman–Crippen LogP) is 0.606. The third-order valence-electron chi connectivity index (χ3n) is 4.01. The largest absolute Gasteiger partial charge is 0.381 e. The first-order chi connectivity index (χ1) is 8.14. The second-order valence-corrected chi connectivity index (χ2v) is 5.21. The van der Waals surface area contributed by atoms with Gasteiger partial charge >= 0.3 is 0 Å². The molecule has 0 saturated carbocycles. The molecule has 2 heterocycles. The van der Waals surface area contributed by atoms with Gasteiger partial charge in [-0.15, -0.1) is 24.0 Å². The van der Waals surface area contributed by atoms with E-state index in [4.69, 9.17) is 4.74 Å². The minimum atomic E-state index is 0. The Labute approximate surface area is 127 Å². The lowest BCUT2D eigenvalue weighted by Gasteiger charge is -2.43. The minimum absolute atomic E-state index is 0. The van der Waals surface area contributed by atoms with Crippen LogP contribution in [0.4, 0.5) is 0 Å². The van der Waals surface area contributed by atoms with E-state index in [0.717, 1.165) is 51.6 Å². The zero-order chi connectivity index (χ0) is 12.3. The van der Waals surface area contributed by atoms with Crippen molar-refractivity contribution in [2.75, 3.05) is 54.0 Å². The average Bonchev–Trinajstić information content (AvgIpc) is 2.73. The number of hydrogen-bond acceptors (Lipinski definition) is 5. The van der Waals surface area contributed by atoms with E-state index in [-0.39, 0.29) is 29.5 Å². The monoisotopic (exact) mass is 368 g/mol. The van der Waals surface area contributed by atoms with Gasteiger partial charge in [0, 0.05) is 38.9 Å². The summed E-state index contributed by atoms with van der Waals surface area (Å²) in [4.78, 5) is 8.99. The van der Waals surface area contributed by atoms with Crippen LogP contribution in [-0.4, -0.2) is 75.3 Å². The van der Waals surface area contributed by atoms with Crippen molar-refractivity contribution >= 4 is 29.9 Å². The van der Waals surface area contributed by atoms with Crippen LogP contribution in [0.5, 0.6) is 0 Å². The Morgan fingerprint density at radius 3 is 2.56 bits per heavy atom. The van der Waals surface area contributed by atoms with E-state index in [9.17, 15) is 0 Å². The Morgan fingerprint density at radius 1 is 1.39 bits per heavy atom. The summed E-state index contributed by atoms with van der Waals surface area (Å²) in [6, 6.07) is 0. The van der Waals surface area contributed by atoms with Crippen LogP contribution >= 0.6 is 24.0 Å². The SMILES string of the molecule is CN1CCN=C1NCC1(N(C)C)CCOCC1.I. The minimum Gasteiger partial charge on any atom is -0.381 e. The van der Waals surface area contributed by atoms with Gasteiger partial charge in [-0.05, 0) is 26.9 Å². The molecule has 18 heavy (non-hydrogen) atoms. The van der Waals surface area contributed by atoms with E-state index in [2.05, 4.69) is 41.3 Å². The molecule has 1 saturated heterocycles. The molecular weight excluding hydrogens is 343 g/mol. The van der Waals surface area contributed by atoms with Crippen LogP contribution < -0.4 is 5.32 Å². The number of guanidine groups is 1. The molecule has 0 aromatic rings. The molecule has 6 heteroatoms. The van der Waals surface area contributed by atoms with Crippen LogP contribution in [-0.2, 0) is 4.74 Å². The predicted molar refractivity (Wildman–Crippen MR) is 84.8 cm³/mol. The zero-order valence-corrected chi connectivity index (χ0v) is 13.9. The zero-order valence-electron chi connectivity index (χ0n) is 11.6. The summed E-state index contributed by atoms with van der Waals surface area (Å²) in [5, 5.41) is 3.50. The molecule has 0 spiro atoms. The highest BCUT2D eigenvalue weighted by atomic mass is 127. The van der Waals surface area contributed by atoms with E-state index in [1.165, 1.54) is 0 Å². The second-order valence-electron chi connectivity index (χ2n) is 5.21. The highest BCUT2D eigenvalue weighted by Gasteiger charge is 2.35. The van der Waals surface area contributed by atoms with Crippen molar-refractivity contribution in [3.63, 3.8) is 0 Å². The highest BCUT2D eigenvalue weighted by Crippen LogP contribution is 2.25. The maximum atomic E-state index is 5.47. The normalized spacial score (nSPS) is 22.7. The standard InChI is InChI=1S/C12H24N4O.HI/c1-15(2)12(4-8-17-9-5-12)10-14-11-13-6-7-16(11)3;/h4-10H2,1-3H3,(H,13,14);1H. The molecule has 0 unspecified atom stereocenters. The first-order valence-electron chi connectivity index (χ1n) is 6.39. The van der Waals surface area contributed by atoms with Crippen LogP contribution in [0.15, 0.2) is 4.99 Å². The number of ether oxygens (including phenoxy) is 1. The number of halogens is 1. The number of likely N-dealkylation sites (N-methyl/N-ethyl adjacent to an activating group) is 2. The van der Waals surface area contributed by atoms with E-state index in [1.807, 2.05) is 0 Å². The number of rotatable bonds is 3. The first kappa shape index (κ1) is 16.0. The van der Waals surface area contributed by atoms with Gasteiger partial charge < -0.3 is 19.9 Å². The van der Waals surface area contributed by atoms with Crippen molar-refractivity contribution in [1.82, 2.24) is 15.1 Å². The van der Waals surface area contributed by atoms with Crippen molar-refractivity contribution in [3.05, 3.63) is 0 Å². The molecule has 0 radical (unpaired) electrons. The van der Waals surface area contributed by atoms with Gasteiger partial charge in [0.25, 0.3) is 0 Å². The molecule has 2 aliphatic rings. The van der Waals surface area contributed by atoms with Gasteiger partial charge in [-0.25, -0.2) is 0 Å². The van der Waals surface area contributed by atoms with E-state index < -0.39 is 0 Å². The molecule has 0 amide bonds. The number of aliphatic imine (C=N–C) groups is 1. The summed E-state index contributed by atoms with van der Waals surface area (Å²) in [5.41, 5.74) is 0.212. The van der Waals surface area contributed by atoms with Gasteiger partial charge in [-0.3, -0.25) is 4.99 Å². The van der Waals surface area contributed by atoms with Gasteiger partial charge in [0.15, 0.2) is 5.96 Å². The molecule has 0 aliphatic carbocycles. The molecule has 106 valence electrons. The number of nitrogens with zero attached hydrogens (tertiary/aromatic N) is 3. The Kier molecular flexibility index (Phi) is 6.13. The summed E-state index contributed by atoms with van der Waals surface area (Å²) in [5.74, 6) is 1.04. The summed E-state index contributed by atoms with van der Waals surface area (Å²) in [6.45, 7) is 4.62. The van der Waals surface area contributed by atoms with Crippen molar-refractivity contribution < 1.29 is 4.74 Å². The van der Waals surface area contributed by atoms with Crippen molar-refractivity contribution in [2.45, 2.75) is 18.4 Å². The van der Waals surface area contributed by atoms with Gasteiger partial charge in [0.2, 0.25) is 0 Å². The van der Waals surface area contributed by atoms with Crippen LogP contribution in [0.1, 0.15) is 12.8 Å². The van der Waals surface area contributed by atoms with E-state index in [0.29, 0.717) is 0 Å². The van der Waals surface area contributed by atoms with Gasteiger partial charge in [0.05, 0.1) is 6.54 Å². The third kappa shape index (κ3) is 3.48. The number of hydrogen-bond donors (Lipinski definition) is 1. The van der Waals surface area contributed by atoms with Gasteiger partial charge in [-0.1, -0.05) is 0 Å². The molecule has 2 rings (SSSR count). The van der Waals surface area contributed by atoms with Crippen LogP contribution in [0.25, 0.3) is 0 Å². The molecule has 0 aromatic carbocycles. The lowest BCUT2D eigenvalue weighted by atomic mass is 9.88. The summed E-state index contributed by atoms with van der Waals surface area (Å²) in [6.07, 6.45) is 2.17. The van der Waals surface area contributed by atoms with Gasteiger partial charge in [0.1, 0.15) is 0 Å². The molecule has 2 aliphatic heterocycles. The Morgan fingerprint density at radius 2 is 2.06 bits per heavy atom. The fourth-order valence-electron chi connectivity index (χ4n) is 2.50. The second kappa shape index (κ2) is 6.91. The lowest BCUT2D eigenvalue weighted by molar-refractivity contribution is -0.00515. The Hall–Kier alpha value is -0.0800. The summed E-state index contributed by atoms with van der Waals surface area (Å²) < 4.78 is 5.47. The lowest BCUT2D eigenvalue weighted by Crippen LogP contribution is -2.56. The molecule has 0 bridgehead atoms. The molecule has 0 aromatic heterocycles. The third-order valence-corrected chi connectivity index (χ3v) is 4.01. The molecule has 1 fully saturated rings. The molecular formula is C12H25IN4O. The average molecular weight is 368 g/mol. The Bertz CT molecular complexity index is 290. The molecule has 5 nitrogen and oxygen atoms in total. The van der Waals surface area contributed by atoms with Crippen LogP contribution in [0.3, 0.4) is 0 Å². The fourth-order valence-corrected chi connectivity index (χ4v) is 2.50. The van der Waals surface area contributed by atoms with E-state index >= 15 is 0 Å². The maximum Gasteiger partial charge on any atom is 0.193 e. The first-order valence-corrected chi connectivity index (χ1v) is 6.39. The van der Waals surface area contributed by atoms with Gasteiger partial charge in [-0.2, -0.15) is 0 Å². The summed E-state index contributed by atoms with van der Waals surface area (Å²) >= 11 is 0. The van der Waals surface area contributed by atoms with Crippen molar-refractivity contribution in [1.29, 1.82) is 0 Å². The van der Waals surface area contributed by atoms with Crippen molar-refractivity contribution in [2.24, 2.45) is 4.99 Å². The van der Waals surface area contributed by atoms with Crippen LogP contribution in [0, 0.1) is 0 Å². The Balaban J connectivity index is 0.00000162. The quantitative estimate of drug-likeness (QED) is 0.741. The maximum absolute atomic E-state index is 5.47. The van der Waals surface area contributed by atoms with E-state index in [1.54, 1.807) is 0 Å². The van der Waals surface area contributed by atoms with Crippen LogP contribution in [0.2, 0.25) is 0 Å². The topological polar surface area (TPSA) is 40.1 Å². The summed E-state index contributed by atoms with van der Waals surface area (Å²) in [7, 11) is 6.41. The van der Waals surface area contributed by atoms with Crippen molar-refractivity contribution in [3.8, 4) is 0 Å². The fraction of sp³-hybridized carbons (Fsp3) is 0.917. The molecule has 1 N–H and O–H groups in total. The number of nitrogens with one attached hydrogen (secondary N) is 1.